The molecule has 0 saturated carbocycles. The average Bonchev–Trinajstić information content (AvgIpc) is 3.57. The van der Waals surface area contributed by atoms with E-state index >= 15 is 0 Å². The highest BCUT2D eigenvalue weighted by atomic mass is 19.3. The van der Waals surface area contributed by atoms with Gasteiger partial charge in [-0.2, -0.15) is 8.78 Å². The second-order valence-electron chi connectivity index (χ2n) is 8.25. The molecule has 2 aromatic rings. The zero-order chi connectivity index (χ0) is 23.8. The first kappa shape index (κ1) is 23.3. The molecular weight excluding hydrogens is 442 g/mol. The van der Waals surface area contributed by atoms with Crippen molar-refractivity contribution in [2.24, 2.45) is 0 Å². The lowest BCUT2D eigenvalue weighted by Gasteiger charge is -2.24. The lowest BCUT2D eigenvalue weighted by atomic mass is 9.95. The second-order valence-corrected chi connectivity index (χ2v) is 8.25. The van der Waals surface area contributed by atoms with E-state index in [4.69, 9.17) is 9.47 Å². The van der Waals surface area contributed by atoms with Crippen molar-refractivity contribution in [1.29, 1.82) is 0 Å². The summed E-state index contributed by atoms with van der Waals surface area (Å²) in [6.07, 6.45) is -6.74. The van der Waals surface area contributed by atoms with E-state index < -0.39 is 43.4 Å². The number of epoxide rings is 1. The molecule has 1 saturated heterocycles. The average molecular weight is 467 g/mol. The molecule has 2 aromatic carbocycles. The van der Waals surface area contributed by atoms with Crippen LogP contribution < -0.4 is 15.5 Å². The lowest BCUT2D eigenvalue weighted by Crippen LogP contribution is -2.43. The molecule has 6 nitrogen and oxygen atoms in total. The standard InChI is InChI=1S/C23H25F4N3O3/c1-13(32-22(31)28-12-23(26,27)21(24)25)19-20(33-19)29-17-11-30(2)18-10-6-5-9-16(18)14-7-3-4-8-15(14)17/h3-10,13,17,19-21,29H,11-12H2,1-2H3,(H,28,31)/t13-,17?,19?,20?/m0/s1. The number of carbonyl (C=O) groups is 1. The summed E-state index contributed by atoms with van der Waals surface area (Å²) < 4.78 is 61.0. The maximum absolute atomic E-state index is 13.0. The Kier molecular flexibility index (Phi) is 6.49. The molecule has 1 fully saturated rings. The number of hydrogen-bond donors (Lipinski definition) is 2. The van der Waals surface area contributed by atoms with Gasteiger partial charge in [0, 0.05) is 24.8 Å². The topological polar surface area (TPSA) is 66.1 Å². The Morgan fingerprint density at radius 3 is 2.58 bits per heavy atom. The molecule has 2 aliphatic rings. The van der Waals surface area contributed by atoms with Crippen LogP contribution in [0.15, 0.2) is 48.5 Å². The van der Waals surface area contributed by atoms with Crippen molar-refractivity contribution < 1.29 is 31.8 Å². The number of anilines is 1. The number of likely N-dealkylation sites (N-methyl/N-ethyl adjacent to an activating group) is 1. The predicted octanol–water partition coefficient (Wildman–Crippen LogP) is 4.17. The van der Waals surface area contributed by atoms with Gasteiger partial charge in [-0.15, -0.1) is 0 Å². The number of nitrogens with one attached hydrogen (secondary N) is 2. The van der Waals surface area contributed by atoms with Crippen LogP contribution in [0.4, 0.5) is 28.0 Å². The number of benzene rings is 2. The smallest absolute Gasteiger partial charge is 0.407 e. The molecule has 0 aromatic heterocycles. The number of nitrogens with zero attached hydrogens (tertiary/aromatic N) is 1. The number of alkyl halides is 4. The Morgan fingerprint density at radius 2 is 1.85 bits per heavy atom. The Bertz CT molecular complexity index is 1010. The summed E-state index contributed by atoms with van der Waals surface area (Å²) in [5.41, 5.74) is 4.44. The first-order valence-corrected chi connectivity index (χ1v) is 10.6. The van der Waals surface area contributed by atoms with Crippen LogP contribution in [0.3, 0.4) is 0 Å². The number of hydrogen-bond acceptors (Lipinski definition) is 5. The Labute approximate surface area is 188 Å². The summed E-state index contributed by atoms with van der Waals surface area (Å²) in [6.45, 7) is 0.717. The lowest BCUT2D eigenvalue weighted by molar-refractivity contribution is -0.124. The van der Waals surface area contributed by atoms with Crippen molar-refractivity contribution in [3.8, 4) is 11.1 Å². The normalized spacial score (nSPS) is 22.8. The SMILES string of the molecule is C[C@H](OC(=O)NCC(F)(F)C(F)F)C1OC1NC1CN(C)c2ccccc2-c2ccccc21. The highest BCUT2D eigenvalue weighted by molar-refractivity contribution is 5.82. The molecule has 0 radical (unpaired) electrons. The van der Waals surface area contributed by atoms with Crippen molar-refractivity contribution in [3.63, 3.8) is 0 Å². The summed E-state index contributed by atoms with van der Waals surface area (Å²) in [7, 11) is 2.01. The van der Waals surface area contributed by atoms with Crippen LogP contribution in [0.5, 0.6) is 0 Å². The van der Waals surface area contributed by atoms with Crippen LogP contribution in [0, 0.1) is 0 Å². The van der Waals surface area contributed by atoms with E-state index in [0.29, 0.717) is 6.54 Å². The maximum atomic E-state index is 13.0. The molecule has 0 spiro atoms. The van der Waals surface area contributed by atoms with Crippen LogP contribution in [0.2, 0.25) is 0 Å². The zero-order valence-corrected chi connectivity index (χ0v) is 18.1. The van der Waals surface area contributed by atoms with Gasteiger partial charge >= 0.3 is 18.4 Å². The maximum Gasteiger partial charge on any atom is 0.407 e. The zero-order valence-electron chi connectivity index (χ0n) is 18.1. The number of rotatable bonds is 7. The van der Waals surface area contributed by atoms with Gasteiger partial charge in [0.2, 0.25) is 0 Å². The van der Waals surface area contributed by atoms with Gasteiger partial charge in [0.1, 0.15) is 18.4 Å². The molecule has 2 heterocycles. The second kappa shape index (κ2) is 9.18. The van der Waals surface area contributed by atoms with Gasteiger partial charge in [-0.05, 0) is 24.1 Å². The molecule has 2 aliphatic heterocycles. The van der Waals surface area contributed by atoms with E-state index in [2.05, 4.69) is 34.5 Å². The van der Waals surface area contributed by atoms with Crippen LogP contribution in [-0.4, -0.2) is 57.0 Å². The van der Waals surface area contributed by atoms with Crippen molar-refractivity contribution in [1.82, 2.24) is 10.6 Å². The van der Waals surface area contributed by atoms with Gasteiger partial charge in [0.15, 0.2) is 0 Å². The van der Waals surface area contributed by atoms with Crippen molar-refractivity contribution in [3.05, 3.63) is 54.1 Å². The van der Waals surface area contributed by atoms with Crippen molar-refractivity contribution in [2.75, 3.05) is 25.0 Å². The summed E-state index contributed by atoms with van der Waals surface area (Å²) in [5.74, 6) is -4.32. The summed E-state index contributed by atoms with van der Waals surface area (Å²) >= 11 is 0. The first-order chi connectivity index (χ1) is 15.7. The number of amides is 1. The van der Waals surface area contributed by atoms with Gasteiger partial charge in [-0.1, -0.05) is 42.5 Å². The molecule has 0 bridgehead atoms. The van der Waals surface area contributed by atoms with Gasteiger partial charge in [0.05, 0.1) is 12.6 Å². The monoisotopic (exact) mass is 467 g/mol. The van der Waals surface area contributed by atoms with Crippen LogP contribution in [0.25, 0.3) is 11.1 Å². The van der Waals surface area contributed by atoms with Crippen molar-refractivity contribution in [2.45, 2.75) is 43.7 Å². The fraction of sp³-hybridized carbons (Fsp3) is 0.435. The van der Waals surface area contributed by atoms with E-state index in [1.807, 2.05) is 31.3 Å². The minimum Gasteiger partial charge on any atom is -0.444 e. The Morgan fingerprint density at radius 1 is 1.18 bits per heavy atom. The minimum absolute atomic E-state index is 0.0839. The number of alkyl carbamates (subject to hydrolysis) is 1. The number of carbonyl (C=O) groups excluding carboxylic acids is 1. The Hall–Kier alpha value is -2.85. The third kappa shape index (κ3) is 5.06. The van der Waals surface area contributed by atoms with Gasteiger partial charge in [-0.3, -0.25) is 5.32 Å². The number of fused-ring (bicyclic) bond motifs is 3. The van der Waals surface area contributed by atoms with Crippen LogP contribution in [0.1, 0.15) is 18.5 Å². The largest absolute Gasteiger partial charge is 0.444 e. The highest BCUT2D eigenvalue weighted by Gasteiger charge is 2.47. The summed E-state index contributed by atoms with van der Waals surface area (Å²) in [4.78, 5) is 13.9. The summed E-state index contributed by atoms with van der Waals surface area (Å²) in [6, 6.07) is 16.1. The highest BCUT2D eigenvalue weighted by Crippen LogP contribution is 2.40. The minimum atomic E-state index is -4.32. The molecule has 1 amide bonds. The third-order valence-electron chi connectivity index (χ3n) is 5.83. The number of halogens is 4. The van der Waals surface area contributed by atoms with Gasteiger partial charge in [-0.25, -0.2) is 13.6 Å². The van der Waals surface area contributed by atoms with E-state index in [0.717, 1.165) is 22.4 Å². The van der Waals surface area contributed by atoms with Gasteiger partial charge < -0.3 is 19.7 Å². The Balaban J connectivity index is 1.37. The van der Waals surface area contributed by atoms with Crippen LogP contribution >= 0.6 is 0 Å². The van der Waals surface area contributed by atoms with Crippen LogP contribution in [-0.2, 0) is 9.47 Å². The molecule has 4 rings (SSSR count). The fourth-order valence-electron chi connectivity index (χ4n) is 4.05. The molecule has 178 valence electrons. The molecular formula is C23H25F4N3O3. The molecule has 2 N–H and O–H groups in total. The van der Waals surface area contributed by atoms with Crippen molar-refractivity contribution >= 4 is 11.8 Å². The summed E-state index contributed by atoms with van der Waals surface area (Å²) in [5, 5.41) is 5.11. The molecule has 3 unspecified atom stereocenters. The quantitative estimate of drug-likeness (QED) is 0.473. The fourth-order valence-corrected chi connectivity index (χ4v) is 4.05. The number of ether oxygens (including phenoxy) is 2. The third-order valence-corrected chi connectivity index (χ3v) is 5.83. The van der Waals surface area contributed by atoms with E-state index in [1.165, 1.54) is 0 Å². The first-order valence-electron chi connectivity index (χ1n) is 10.6. The predicted molar refractivity (Wildman–Crippen MR) is 115 cm³/mol. The van der Waals surface area contributed by atoms with E-state index in [9.17, 15) is 22.4 Å². The molecule has 4 atom stereocenters. The van der Waals surface area contributed by atoms with E-state index in [1.54, 1.807) is 12.2 Å². The van der Waals surface area contributed by atoms with Gasteiger partial charge in [0.25, 0.3) is 0 Å². The molecule has 33 heavy (non-hydrogen) atoms. The molecule has 10 heteroatoms. The van der Waals surface area contributed by atoms with E-state index in [-0.39, 0.29) is 6.04 Å². The number of para-hydroxylation sites is 1. The molecule has 0 aliphatic carbocycles.